The zero-order valence-corrected chi connectivity index (χ0v) is 10.1. The molecule has 0 bridgehead atoms. The molecule has 0 spiro atoms. The molecule has 17 heavy (non-hydrogen) atoms. The normalized spacial score (nSPS) is 10.5. The van der Waals surface area contributed by atoms with E-state index in [1.165, 1.54) is 0 Å². The third-order valence-corrected chi connectivity index (χ3v) is 2.13. The highest BCUT2D eigenvalue weighted by atomic mass is 19.1. The summed E-state index contributed by atoms with van der Waals surface area (Å²) in [6.45, 7) is 2.23. The van der Waals surface area contributed by atoms with E-state index in [4.69, 9.17) is 9.47 Å². The average Bonchev–Trinajstić information content (AvgIpc) is 2.37. The van der Waals surface area contributed by atoms with E-state index in [0.29, 0.717) is 31.9 Å². The fourth-order valence-electron chi connectivity index (χ4n) is 1.24. The van der Waals surface area contributed by atoms with E-state index >= 15 is 0 Å². The van der Waals surface area contributed by atoms with Gasteiger partial charge < -0.3 is 14.8 Å². The number of pyridine rings is 1. The predicted octanol–water partition coefficient (Wildman–Crippen LogP) is 1.56. The van der Waals surface area contributed by atoms with Crippen molar-refractivity contribution in [2.45, 2.75) is 13.0 Å². The Hall–Kier alpha value is -1.20. The van der Waals surface area contributed by atoms with Crippen LogP contribution >= 0.6 is 0 Å². The van der Waals surface area contributed by atoms with Crippen molar-refractivity contribution in [3.05, 3.63) is 24.0 Å². The Morgan fingerprint density at radius 1 is 1.35 bits per heavy atom. The van der Waals surface area contributed by atoms with Crippen LogP contribution in [0.25, 0.3) is 0 Å². The van der Waals surface area contributed by atoms with Crippen LogP contribution in [0.1, 0.15) is 12.1 Å². The second-order valence-electron chi connectivity index (χ2n) is 3.55. The molecule has 0 unspecified atom stereocenters. The number of nitrogens with one attached hydrogen (secondary N) is 1. The van der Waals surface area contributed by atoms with Crippen molar-refractivity contribution in [1.29, 1.82) is 0 Å². The number of hydrogen-bond acceptors (Lipinski definition) is 4. The molecule has 0 aromatic carbocycles. The molecule has 0 fully saturated rings. The van der Waals surface area contributed by atoms with Gasteiger partial charge in [-0.25, -0.2) is 0 Å². The van der Waals surface area contributed by atoms with Gasteiger partial charge in [-0.2, -0.15) is 0 Å². The zero-order valence-electron chi connectivity index (χ0n) is 10.1. The molecular formula is C12H19FN2O2. The van der Waals surface area contributed by atoms with E-state index in [9.17, 15) is 4.39 Å². The fraction of sp³-hybridized carbons (Fsp3) is 0.583. The van der Waals surface area contributed by atoms with Crippen LogP contribution in [-0.2, 0) is 11.3 Å². The zero-order chi connectivity index (χ0) is 12.3. The van der Waals surface area contributed by atoms with Gasteiger partial charge in [0.15, 0.2) is 0 Å². The highest BCUT2D eigenvalue weighted by molar-refractivity contribution is 5.19. The summed E-state index contributed by atoms with van der Waals surface area (Å²) < 4.78 is 22.1. The van der Waals surface area contributed by atoms with Crippen molar-refractivity contribution in [2.24, 2.45) is 0 Å². The monoisotopic (exact) mass is 242 g/mol. The van der Waals surface area contributed by atoms with Crippen molar-refractivity contribution in [2.75, 3.05) is 33.5 Å². The SMILES string of the molecule is COCCNCc1ccc(OCCCF)cn1. The van der Waals surface area contributed by atoms with Crippen molar-refractivity contribution < 1.29 is 13.9 Å². The number of halogens is 1. The summed E-state index contributed by atoms with van der Waals surface area (Å²) in [6, 6.07) is 3.74. The number of alkyl halides is 1. The number of rotatable bonds is 9. The van der Waals surface area contributed by atoms with Gasteiger partial charge in [0.2, 0.25) is 0 Å². The third kappa shape index (κ3) is 6.19. The summed E-state index contributed by atoms with van der Waals surface area (Å²) in [5.74, 6) is 0.680. The minimum Gasteiger partial charge on any atom is -0.492 e. The van der Waals surface area contributed by atoms with E-state index < -0.39 is 0 Å². The van der Waals surface area contributed by atoms with Crippen LogP contribution in [-0.4, -0.2) is 38.5 Å². The molecule has 0 amide bonds. The molecule has 1 N–H and O–H groups in total. The number of methoxy groups -OCH3 is 1. The molecule has 96 valence electrons. The van der Waals surface area contributed by atoms with Crippen molar-refractivity contribution in [3.63, 3.8) is 0 Å². The summed E-state index contributed by atoms with van der Waals surface area (Å²) in [6.07, 6.45) is 2.08. The highest BCUT2D eigenvalue weighted by Crippen LogP contribution is 2.09. The standard InChI is InChI=1S/C12H19FN2O2/c1-16-8-6-14-9-11-3-4-12(10-15-11)17-7-2-5-13/h3-4,10,14H,2,5-9H2,1H3. The van der Waals surface area contributed by atoms with Gasteiger partial charge >= 0.3 is 0 Å². The second-order valence-corrected chi connectivity index (χ2v) is 3.55. The Morgan fingerprint density at radius 3 is 2.88 bits per heavy atom. The molecule has 0 atom stereocenters. The predicted molar refractivity (Wildman–Crippen MR) is 63.9 cm³/mol. The molecule has 0 aliphatic rings. The first-order valence-electron chi connectivity index (χ1n) is 5.70. The minimum atomic E-state index is -0.352. The van der Waals surface area contributed by atoms with Crippen LogP contribution in [0.15, 0.2) is 18.3 Å². The van der Waals surface area contributed by atoms with Crippen LogP contribution in [0.5, 0.6) is 5.75 Å². The molecule has 0 saturated carbocycles. The number of hydrogen-bond donors (Lipinski definition) is 1. The number of nitrogens with zero attached hydrogens (tertiary/aromatic N) is 1. The molecular weight excluding hydrogens is 223 g/mol. The molecule has 1 aromatic rings. The highest BCUT2D eigenvalue weighted by Gasteiger charge is 1.97. The van der Waals surface area contributed by atoms with Gasteiger partial charge in [-0.3, -0.25) is 9.37 Å². The molecule has 1 rings (SSSR count). The number of aromatic nitrogens is 1. The Morgan fingerprint density at radius 2 is 2.24 bits per heavy atom. The van der Waals surface area contributed by atoms with E-state index in [-0.39, 0.29) is 6.67 Å². The van der Waals surface area contributed by atoms with Crippen LogP contribution in [0, 0.1) is 0 Å². The van der Waals surface area contributed by atoms with Crippen LogP contribution in [0.2, 0.25) is 0 Å². The minimum absolute atomic E-state index is 0.352. The summed E-state index contributed by atoms with van der Waals surface area (Å²) in [5.41, 5.74) is 0.943. The molecule has 0 aliphatic carbocycles. The third-order valence-electron chi connectivity index (χ3n) is 2.13. The van der Waals surface area contributed by atoms with Gasteiger partial charge in [0.25, 0.3) is 0 Å². The van der Waals surface area contributed by atoms with Crippen LogP contribution in [0.3, 0.4) is 0 Å². The summed E-state index contributed by atoms with van der Waals surface area (Å²) >= 11 is 0. The fourth-order valence-corrected chi connectivity index (χ4v) is 1.24. The summed E-state index contributed by atoms with van der Waals surface area (Å²) in [5, 5.41) is 3.20. The Kier molecular flexibility index (Phi) is 7.25. The van der Waals surface area contributed by atoms with E-state index in [2.05, 4.69) is 10.3 Å². The van der Waals surface area contributed by atoms with Gasteiger partial charge in [-0.1, -0.05) is 0 Å². The smallest absolute Gasteiger partial charge is 0.137 e. The first kappa shape index (κ1) is 13.9. The molecule has 4 nitrogen and oxygen atoms in total. The first-order chi connectivity index (χ1) is 8.36. The lowest BCUT2D eigenvalue weighted by Gasteiger charge is -2.06. The summed E-state index contributed by atoms with van der Waals surface area (Å²) in [4.78, 5) is 4.23. The second kappa shape index (κ2) is 8.90. The Labute approximate surface area is 101 Å². The Balaban J connectivity index is 2.24. The van der Waals surface area contributed by atoms with Crippen molar-refractivity contribution in [3.8, 4) is 5.75 Å². The van der Waals surface area contributed by atoms with Gasteiger partial charge in [0.05, 0.1) is 31.8 Å². The molecule has 1 heterocycles. The van der Waals surface area contributed by atoms with Crippen LogP contribution in [0.4, 0.5) is 4.39 Å². The Bertz CT molecular complexity index is 293. The lowest BCUT2D eigenvalue weighted by Crippen LogP contribution is -2.19. The maximum Gasteiger partial charge on any atom is 0.137 e. The van der Waals surface area contributed by atoms with Gasteiger partial charge in [0, 0.05) is 26.6 Å². The first-order valence-corrected chi connectivity index (χ1v) is 5.70. The van der Waals surface area contributed by atoms with Gasteiger partial charge in [-0.05, 0) is 12.1 Å². The largest absolute Gasteiger partial charge is 0.492 e. The topological polar surface area (TPSA) is 43.4 Å². The van der Waals surface area contributed by atoms with Crippen molar-refractivity contribution in [1.82, 2.24) is 10.3 Å². The maximum atomic E-state index is 11.8. The molecule has 5 heteroatoms. The lowest BCUT2D eigenvalue weighted by atomic mass is 10.3. The van der Waals surface area contributed by atoms with E-state index in [1.54, 1.807) is 13.3 Å². The van der Waals surface area contributed by atoms with E-state index in [1.807, 2.05) is 12.1 Å². The van der Waals surface area contributed by atoms with Gasteiger partial charge in [-0.15, -0.1) is 0 Å². The summed E-state index contributed by atoms with van der Waals surface area (Å²) in [7, 11) is 1.67. The maximum absolute atomic E-state index is 11.8. The van der Waals surface area contributed by atoms with E-state index in [0.717, 1.165) is 12.2 Å². The molecule has 0 saturated heterocycles. The average molecular weight is 242 g/mol. The van der Waals surface area contributed by atoms with Crippen molar-refractivity contribution >= 4 is 0 Å². The molecule has 0 radical (unpaired) electrons. The molecule has 0 aliphatic heterocycles. The quantitative estimate of drug-likeness (QED) is 0.667. The van der Waals surface area contributed by atoms with Crippen LogP contribution < -0.4 is 10.1 Å². The number of ether oxygens (including phenoxy) is 2. The molecule has 1 aromatic heterocycles. The lowest BCUT2D eigenvalue weighted by molar-refractivity contribution is 0.199. The van der Waals surface area contributed by atoms with Gasteiger partial charge in [0.1, 0.15) is 5.75 Å².